The van der Waals surface area contributed by atoms with Crippen LogP contribution < -0.4 is 17.0 Å². The average Bonchev–Trinajstić information content (AvgIpc) is 2.69. The molecule has 0 N–H and O–H groups in total. The van der Waals surface area contributed by atoms with E-state index >= 15 is 0 Å². The van der Waals surface area contributed by atoms with E-state index in [2.05, 4.69) is 60.7 Å². The van der Waals surface area contributed by atoms with Crippen LogP contribution in [0.25, 0.3) is 33.6 Å². The molecule has 3 aromatic carbocycles. The molecule has 0 aliphatic heterocycles. The smallest absolute Gasteiger partial charge is 0.368 e. The predicted molar refractivity (Wildman–Crippen MR) is 99.4 cm³/mol. The summed E-state index contributed by atoms with van der Waals surface area (Å²) in [5.74, 6) is 0.892. The Kier molecular flexibility index (Phi) is 5.42. The molecule has 0 amide bonds. The van der Waals surface area contributed by atoms with E-state index in [1.54, 1.807) is 6.26 Å². The Morgan fingerprint density at radius 1 is 0.480 bits per heavy atom. The van der Waals surface area contributed by atoms with Crippen molar-refractivity contribution in [3.8, 4) is 33.6 Å². The van der Waals surface area contributed by atoms with Gasteiger partial charge in [-0.3, -0.25) is 0 Å². The first kappa shape index (κ1) is 17.1. The van der Waals surface area contributed by atoms with Gasteiger partial charge >= 0.3 is 12.0 Å². The second-order valence-corrected chi connectivity index (χ2v) is 5.64. The van der Waals surface area contributed by atoms with Crippen LogP contribution in [0.4, 0.5) is 0 Å². The van der Waals surface area contributed by atoms with E-state index in [1.165, 1.54) is 11.1 Å². The number of rotatable bonds is 3. The van der Waals surface area contributed by atoms with Gasteiger partial charge in [-0.25, -0.2) is 4.42 Å². The van der Waals surface area contributed by atoms with Crippen molar-refractivity contribution in [1.82, 2.24) is 0 Å². The molecule has 0 fully saturated rings. The molecule has 0 saturated heterocycles. The van der Waals surface area contributed by atoms with E-state index < -0.39 is 0 Å². The first-order chi connectivity index (χ1) is 11.9. The van der Waals surface area contributed by atoms with Crippen LogP contribution in [0.5, 0.6) is 0 Å². The summed E-state index contributed by atoms with van der Waals surface area (Å²) < 4.78 is 5.96. The SMILES string of the molecule is [Br-].c1ccc(-c2cc[o+]c(-c3ccccc3)c2-c2ccccc2)cc1. The molecular formula is C23H17BrO. The molecule has 1 heterocycles. The highest BCUT2D eigenvalue weighted by Crippen LogP contribution is 2.39. The van der Waals surface area contributed by atoms with Crippen molar-refractivity contribution in [1.29, 1.82) is 0 Å². The van der Waals surface area contributed by atoms with Gasteiger partial charge in [-0.1, -0.05) is 78.9 Å². The van der Waals surface area contributed by atoms with Gasteiger partial charge in [-0.2, -0.15) is 0 Å². The highest BCUT2D eigenvalue weighted by atomic mass is 79.9. The number of halogens is 1. The molecule has 4 rings (SSSR count). The minimum absolute atomic E-state index is 0. The molecule has 122 valence electrons. The largest absolute Gasteiger partial charge is 1.00 e. The van der Waals surface area contributed by atoms with Gasteiger partial charge in [0.15, 0.2) is 0 Å². The van der Waals surface area contributed by atoms with Gasteiger partial charge in [0.25, 0.3) is 0 Å². The van der Waals surface area contributed by atoms with Crippen molar-refractivity contribution in [2.45, 2.75) is 0 Å². The van der Waals surface area contributed by atoms with Gasteiger partial charge in [0, 0.05) is 11.6 Å². The molecule has 0 unspecified atom stereocenters. The van der Waals surface area contributed by atoms with Crippen molar-refractivity contribution in [2.24, 2.45) is 0 Å². The van der Waals surface area contributed by atoms with Crippen molar-refractivity contribution >= 4 is 0 Å². The maximum Gasteiger partial charge on any atom is 0.368 e. The first-order valence-corrected chi connectivity index (χ1v) is 8.04. The lowest BCUT2D eigenvalue weighted by Crippen LogP contribution is -3.00. The van der Waals surface area contributed by atoms with Gasteiger partial charge in [-0.15, -0.1) is 0 Å². The second-order valence-electron chi connectivity index (χ2n) is 5.64. The van der Waals surface area contributed by atoms with Crippen molar-refractivity contribution in [2.75, 3.05) is 0 Å². The fraction of sp³-hybridized carbons (Fsp3) is 0. The summed E-state index contributed by atoms with van der Waals surface area (Å²) in [6.07, 6.45) is 1.77. The fourth-order valence-corrected chi connectivity index (χ4v) is 2.99. The van der Waals surface area contributed by atoms with E-state index in [-0.39, 0.29) is 17.0 Å². The molecular weight excluding hydrogens is 372 g/mol. The Morgan fingerprint density at radius 3 is 1.52 bits per heavy atom. The van der Waals surface area contributed by atoms with E-state index in [0.29, 0.717) is 0 Å². The first-order valence-electron chi connectivity index (χ1n) is 8.04. The summed E-state index contributed by atoms with van der Waals surface area (Å²) in [4.78, 5) is 0. The summed E-state index contributed by atoms with van der Waals surface area (Å²) in [5, 5.41) is 0. The number of benzene rings is 3. The maximum absolute atomic E-state index is 5.96. The van der Waals surface area contributed by atoms with Gasteiger partial charge < -0.3 is 17.0 Å². The summed E-state index contributed by atoms with van der Waals surface area (Å²) in [7, 11) is 0. The zero-order valence-electron chi connectivity index (χ0n) is 13.6. The normalized spacial score (nSPS) is 10.1. The monoisotopic (exact) mass is 388 g/mol. The minimum Gasteiger partial charge on any atom is -1.00 e. The quantitative estimate of drug-likeness (QED) is 0.488. The third-order valence-corrected chi connectivity index (χ3v) is 4.10. The average molecular weight is 389 g/mol. The molecule has 0 saturated carbocycles. The zero-order valence-corrected chi connectivity index (χ0v) is 15.2. The molecule has 1 aromatic heterocycles. The maximum atomic E-state index is 5.96. The molecule has 1 nitrogen and oxygen atoms in total. The highest BCUT2D eigenvalue weighted by Gasteiger charge is 2.23. The standard InChI is InChI=1S/C23H17O.BrH/c1-4-10-18(11-5-1)21-16-17-24-23(20-14-8-3-9-15-20)22(21)19-12-6-2-7-13-19;/h1-17H;1H/q+1;/p-1. The Morgan fingerprint density at radius 2 is 0.960 bits per heavy atom. The van der Waals surface area contributed by atoms with Crippen LogP contribution in [-0.2, 0) is 0 Å². The zero-order chi connectivity index (χ0) is 16.2. The third kappa shape index (κ3) is 3.54. The van der Waals surface area contributed by atoms with E-state index in [0.717, 1.165) is 22.5 Å². The number of hydrogen-bond acceptors (Lipinski definition) is 0. The Bertz CT molecular complexity index is 878. The van der Waals surface area contributed by atoms with E-state index in [1.807, 2.05) is 36.4 Å². The summed E-state index contributed by atoms with van der Waals surface area (Å²) in [6.45, 7) is 0. The van der Waals surface area contributed by atoms with Crippen LogP contribution in [0.1, 0.15) is 0 Å². The molecule has 0 aliphatic carbocycles. The van der Waals surface area contributed by atoms with Crippen LogP contribution in [0.2, 0.25) is 0 Å². The fourth-order valence-electron chi connectivity index (χ4n) is 2.99. The molecule has 0 spiro atoms. The van der Waals surface area contributed by atoms with Crippen molar-refractivity contribution in [3.05, 3.63) is 103 Å². The molecule has 0 atom stereocenters. The van der Waals surface area contributed by atoms with Gasteiger partial charge in [0.1, 0.15) is 0 Å². The van der Waals surface area contributed by atoms with Gasteiger partial charge in [0.2, 0.25) is 0 Å². The Hall–Kier alpha value is -2.71. The van der Waals surface area contributed by atoms with Crippen LogP contribution in [-0.4, -0.2) is 0 Å². The van der Waals surface area contributed by atoms with Crippen LogP contribution in [0.15, 0.2) is 108 Å². The highest BCUT2D eigenvalue weighted by molar-refractivity contribution is 5.91. The van der Waals surface area contributed by atoms with Crippen LogP contribution in [0.3, 0.4) is 0 Å². The van der Waals surface area contributed by atoms with Gasteiger partial charge in [0.05, 0.1) is 11.1 Å². The molecule has 25 heavy (non-hydrogen) atoms. The van der Waals surface area contributed by atoms with E-state index in [4.69, 9.17) is 4.42 Å². The topological polar surface area (TPSA) is 11.3 Å². The van der Waals surface area contributed by atoms with Crippen molar-refractivity contribution in [3.63, 3.8) is 0 Å². The lowest BCUT2D eigenvalue weighted by Gasteiger charge is -2.08. The summed E-state index contributed by atoms with van der Waals surface area (Å²) >= 11 is 0. The minimum atomic E-state index is 0. The summed E-state index contributed by atoms with van der Waals surface area (Å²) in [6, 6.07) is 33.2. The molecule has 4 aromatic rings. The van der Waals surface area contributed by atoms with Crippen LogP contribution >= 0.6 is 0 Å². The van der Waals surface area contributed by atoms with Crippen molar-refractivity contribution < 1.29 is 21.4 Å². The lowest BCUT2D eigenvalue weighted by molar-refractivity contribution is -0.00000500. The molecule has 0 bridgehead atoms. The Balaban J connectivity index is 0.00000182. The molecule has 2 heteroatoms. The molecule has 0 aliphatic rings. The summed E-state index contributed by atoms with van der Waals surface area (Å²) in [5.41, 5.74) is 5.71. The van der Waals surface area contributed by atoms with E-state index in [9.17, 15) is 0 Å². The van der Waals surface area contributed by atoms with Gasteiger partial charge in [-0.05, 0) is 23.3 Å². The third-order valence-electron chi connectivity index (χ3n) is 4.10. The second kappa shape index (κ2) is 7.91. The Labute approximate surface area is 158 Å². The molecule has 0 radical (unpaired) electrons. The predicted octanol–water partition coefficient (Wildman–Crippen LogP) is 3.57. The lowest BCUT2D eigenvalue weighted by atomic mass is 9.92. The van der Waals surface area contributed by atoms with Crippen LogP contribution in [0, 0.1) is 0 Å². The number of hydrogen-bond donors (Lipinski definition) is 0.